The van der Waals surface area contributed by atoms with Gasteiger partial charge in [-0.3, -0.25) is 0 Å². The Bertz CT molecular complexity index is 450. The number of hydrogen-bond donors (Lipinski definition) is 3. The third kappa shape index (κ3) is 1.34. The lowest BCUT2D eigenvalue weighted by Crippen LogP contribution is -2.11. The minimum atomic E-state index is -0.839. The van der Waals surface area contributed by atoms with Crippen molar-refractivity contribution in [2.75, 3.05) is 6.54 Å². The van der Waals surface area contributed by atoms with Crippen molar-refractivity contribution in [1.82, 2.24) is 0 Å². The standard InChI is InChI=1S/C10H11NO3/c11-5-9(13)7-3-6-1-2-14-10(6)4-8(7)12/h1-4,9,12-13H,5,11H2. The molecule has 0 bridgehead atoms. The second-order valence-corrected chi connectivity index (χ2v) is 3.12. The lowest BCUT2D eigenvalue weighted by atomic mass is 10.1. The minimum Gasteiger partial charge on any atom is -0.507 e. The van der Waals surface area contributed by atoms with E-state index in [1.165, 1.54) is 12.3 Å². The van der Waals surface area contributed by atoms with E-state index in [4.69, 9.17) is 10.2 Å². The quantitative estimate of drug-likeness (QED) is 0.668. The van der Waals surface area contributed by atoms with Gasteiger partial charge in [0.1, 0.15) is 11.3 Å². The molecule has 4 nitrogen and oxygen atoms in total. The Morgan fingerprint density at radius 2 is 2.21 bits per heavy atom. The Kier molecular flexibility index (Phi) is 2.15. The van der Waals surface area contributed by atoms with Crippen LogP contribution in [0.1, 0.15) is 11.7 Å². The summed E-state index contributed by atoms with van der Waals surface area (Å²) in [5, 5.41) is 19.9. The number of nitrogens with two attached hydrogens (primary N) is 1. The molecule has 1 aromatic heterocycles. The zero-order chi connectivity index (χ0) is 10.1. The molecule has 0 saturated carbocycles. The third-order valence-electron chi connectivity index (χ3n) is 2.18. The summed E-state index contributed by atoms with van der Waals surface area (Å²) in [7, 11) is 0. The molecule has 0 radical (unpaired) electrons. The normalized spacial score (nSPS) is 13.3. The van der Waals surface area contributed by atoms with Crippen LogP contribution in [0.15, 0.2) is 28.9 Å². The predicted octanol–water partition coefficient (Wildman–Crippen LogP) is 1.13. The average Bonchev–Trinajstić information content (AvgIpc) is 2.62. The van der Waals surface area contributed by atoms with Gasteiger partial charge >= 0.3 is 0 Å². The molecule has 2 aromatic rings. The molecule has 0 aliphatic heterocycles. The van der Waals surface area contributed by atoms with Crippen LogP contribution in [-0.4, -0.2) is 16.8 Å². The van der Waals surface area contributed by atoms with E-state index >= 15 is 0 Å². The van der Waals surface area contributed by atoms with E-state index in [1.807, 2.05) is 0 Å². The van der Waals surface area contributed by atoms with Gasteiger partial charge in [0, 0.05) is 23.6 Å². The fraction of sp³-hybridized carbons (Fsp3) is 0.200. The largest absolute Gasteiger partial charge is 0.507 e. The van der Waals surface area contributed by atoms with E-state index in [9.17, 15) is 10.2 Å². The van der Waals surface area contributed by atoms with E-state index in [2.05, 4.69) is 0 Å². The minimum absolute atomic E-state index is 0.00500. The summed E-state index contributed by atoms with van der Waals surface area (Å²) in [6.07, 6.45) is 0.692. The van der Waals surface area contributed by atoms with Crippen molar-refractivity contribution >= 4 is 11.0 Å². The fourth-order valence-electron chi connectivity index (χ4n) is 1.41. The highest BCUT2D eigenvalue weighted by Crippen LogP contribution is 2.29. The molecule has 0 aliphatic carbocycles. The Morgan fingerprint density at radius 1 is 1.43 bits per heavy atom. The van der Waals surface area contributed by atoms with Crippen molar-refractivity contribution in [3.05, 3.63) is 30.0 Å². The van der Waals surface area contributed by atoms with Crippen molar-refractivity contribution in [2.45, 2.75) is 6.10 Å². The summed E-state index contributed by atoms with van der Waals surface area (Å²) >= 11 is 0. The molecule has 14 heavy (non-hydrogen) atoms. The second-order valence-electron chi connectivity index (χ2n) is 3.12. The van der Waals surface area contributed by atoms with Gasteiger partial charge in [0.2, 0.25) is 0 Å². The highest BCUT2D eigenvalue weighted by atomic mass is 16.3. The monoisotopic (exact) mass is 193 g/mol. The topological polar surface area (TPSA) is 79.6 Å². The van der Waals surface area contributed by atoms with E-state index in [1.54, 1.807) is 12.1 Å². The molecule has 1 atom stereocenters. The summed E-state index contributed by atoms with van der Waals surface area (Å²) in [4.78, 5) is 0. The van der Waals surface area contributed by atoms with Crippen LogP contribution in [0.5, 0.6) is 5.75 Å². The second kappa shape index (κ2) is 3.32. The van der Waals surface area contributed by atoms with Crippen LogP contribution < -0.4 is 5.73 Å². The third-order valence-corrected chi connectivity index (χ3v) is 2.18. The van der Waals surface area contributed by atoms with E-state index in [0.29, 0.717) is 11.1 Å². The van der Waals surface area contributed by atoms with E-state index in [-0.39, 0.29) is 12.3 Å². The summed E-state index contributed by atoms with van der Waals surface area (Å²) < 4.78 is 5.09. The van der Waals surface area contributed by atoms with Crippen LogP contribution in [0, 0.1) is 0 Å². The summed E-state index contributed by atoms with van der Waals surface area (Å²) in [6.45, 7) is 0.0803. The maximum Gasteiger partial charge on any atom is 0.137 e. The van der Waals surface area contributed by atoms with Crippen molar-refractivity contribution < 1.29 is 14.6 Å². The first-order chi connectivity index (χ1) is 6.72. The summed E-state index contributed by atoms with van der Waals surface area (Å²) in [6, 6.07) is 4.91. The van der Waals surface area contributed by atoms with Crippen LogP contribution in [0.3, 0.4) is 0 Å². The molecular formula is C10H11NO3. The van der Waals surface area contributed by atoms with Gasteiger partial charge in [0.25, 0.3) is 0 Å². The first kappa shape index (κ1) is 9.05. The molecular weight excluding hydrogens is 182 g/mol. The first-order valence-corrected chi connectivity index (χ1v) is 4.30. The Balaban J connectivity index is 2.58. The zero-order valence-corrected chi connectivity index (χ0v) is 7.47. The number of aliphatic hydroxyl groups is 1. The van der Waals surface area contributed by atoms with Gasteiger partial charge in [-0.2, -0.15) is 0 Å². The van der Waals surface area contributed by atoms with Crippen LogP contribution >= 0.6 is 0 Å². The molecule has 0 aliphatic rings. The van der Waals surface area contributed by atoms with Crippen LogP contribution in [0.2, 0.25) is 0 Å². The Labute approximate surface area is 80.6 Å². The maximum absolute atomic E-state index is 9.55. The lowest BCUT2D eigenvalue weighted by molar-refractivity contribution is 0.183. The molecule has 0 saturated heterocycles. The lowest BCUT2D eigenvalue weighted by Gasteiger charge is -2.09. The van der Waals surface area contributed by atoms with Crippen molar-refractivity contribution in [2.24, 2.45) is 5.73 Å². The highest BCUT2D eigenvalue weighted by molar-refractivity contribution is 5.80. The number of phenols is 1. The van der Waals surface area contributed by atoms with Crippen molar-refractivity contribution in [3.8, 4) is 5.75 Å². The van der Waals surface area contributed by atoms with E-state index in [0.717, 1.165) is 5.39 Å². The molecule has 0 spiro atoms. The van der Waals surface area contributed by atoms with Gasteiger partial charge in [-0.05, 0) is 12.1 Å². The SMILES string of the molecule is NCC(O)c1cc2ccoc2cc1O. The van der Waals surface area contributed by atoms with Gasteiger partial charge in [-0.25, -0.2) is 0 Å². The summed E-state index contributed by atoms with van der Waals surface area (Å²) in [5.74, 6) is 0.00500. The molecule has 1 aromatic carbocycles. The van der Waals surface area contributed by atoms with Crippen LogP contribution in [0.4, 0.5) is 0 Å². The Hall–Kier alpha value is -1.52. The van der Waals surface area contributed by atoms with Crippen molar-refractivity contribution in [3.63, 3.8) is 0 Å². The number of benzene rings is 1. The zero-order valence-electron chi connectivity index (χ0n) is 7.47. The van der Waals surface area contributed by atoms with Crippen molar-refractivity contribution in [1.29, 1.82) is 0 Å². The average molecular weight is 193 g/mol. The smallest absolute Gasteiger partial charge is 0.137 e. The molecule has 2 rings (SSSR count). The van der Waals surface area contributed by atoms with Gasteiger partial charge in [-0.15, -0.1) is 0 Å². The predicted molar refractivity (Wildman–Crippen MR) is 51.9 cm³/mol. The number of fused-ring (bicyclic) bond motifs is 1. The number of aliphatic hydroxyl groups excluding tert-OH is 1. The van der Waals surface area contributed by atoms with Gasteiger partial charge < -0.3 is 20.4 Å². The van der Waals surface area contributed by atoms with Crippen LogP contribution in [-0.2, 0) is 0 Å². The van der Waals surface area contributed by atoms with Gasteiger partial charge in [-0.1, -0.05) is 0 Å². The maximum atomic E-state index is 9.55. The fourth-order valence-corrected chi connectivity index (χ4v) is 1.41. The number of hydrogen-bond acceptors (Lipinski definition) is 4. The molecule has 74 valence electrons. The number of rotatable bonds is 2. The summed E-state index contributed by atoms with van der Waals surface area (Å²) in [5.41, 5.74) is 6.33. The molecule has 1 heterocycles. The first-order valence-electron chi connectivity index (χ1n) is 4.30. The van der Waals surface area contributed by atoms with Gasteiger partial charge in [0.05, 0.1) is 12.4 Å². The van der Waals surface area contributed by atoms with E-state index < -0.39 is 6.10 Å². The molecule has 4 heteroatoms. The van der Waals surface area contributed by atoms with Gasteiger partial charge in [0.15, 0.2) is 0 Å². The van der Waals surface area contributed by atoms with Crippen LogP contribution in [0.25, 0.3) is 11.0 Å². The molecule has 1 unspecified atom stereocenters. The molecule has 0 amide bonds. The Morgan fingerprint density at radius 3 is 2.93 bits per heavy atom. The number of phenolic OH excluding ortho intramolecular Hbond substituents is 1. The number of furan rings is 1. The number of aromatic hydroxyl groups is 1. The molecule has 0 fully saturated rings. The molecule has 4 N–H and O–H groups in total. The highest BCUT2D eigenvalue weighted by Gasteiger charge is 2.12.